The van der Waals surface area contributed by atoms with Crippen molar-refractivity contribution in [3.05, 3.63) is 35.1 Å². The van der Waals surface area contributed by atoms with Gasteiger partial charge in [-0.05, 0) is 31.5 Å². The van der Waals surface area contributed by atoms with Crippen molar-refractivity contribution in [2.75, 3.05) is 13.7 Å². The van der Waals surface area contributed by atoms with E-state index in [1.165, 1.54) is 6.07 Å². The Hall–Kier alpha value is -1.90. The van der Waals surface area contributed by atoms with Crippen LogP contribution in [-0.2, 0) is 16.1 Å². The summed E-state index contributed by atoms with van der Waals surface area (Å²) in [5, 5.41) is 2.70. The molecule has 0 aliphatic rings. The molecule has 0 spiro atoms. The van der Waals surface area contributed by atoms with Crippen LogP contribution >= 0.6 is 0 Å². The van der Waals surface area contributed by atoms with Gasteiger partial charge in [-0.15, -0.1) is 0 Å². The van der Waals surface area contributed by atoms with Crippen LogP contribution in [0.15, 0.2) is 18.2 Å². The van der Waals surface area contributed by atoms with Gasteiger partial charge in [0.1, 0.15) is 5.82 Å². The zero-order valence-electron chi connectivity index (χ0n) is 12.4. The normalized spacial score (nSPS) is 11.4. The fourth-order valence-corrected chi connectivity index (χ4v) is 1.68. The lowest BCUT2D eigenvalue weighted by Crippen LogP contribution is -2.24. The fraction of sp³-hybridized carbons (Fsp3) is 0.438. The van der Waals surface area contributed by atoms with Gasteiger partial charge in [0, 0.05) is 31.2 Å². The Balaban J connectivity index is 2.56. The highest BCUT2D eigenvalue weighted by Gasteiger charge is 2.08. The average molecular weight is 292 g/mol. The molecule has 1 amide bonds. The molecule has 1 aromatic rings. The molecule has 0 saturated carbocycles. The summed E-state index contributed by atoms with van der Waals surface area (Å²) in [7, 11) is 1.60. The maximum Gasteiger partial charge on any atom is 0.220 e. The largest absolute Gasteiger partial charge is 0.382 e. The minimum atomic E-state index is -0.362. The maximum absolute atomic E-state index is 13.7. The number of rotatable bonds is 6. The van der Waals surface area contributed by atoms with E-state index in [9.17, 15) is 9.18 Å². The van der Waals surface area contributed by atoms with Crippen molar-refractivity contribution in [3.63, 3.8) is 0 Å². The first-order chi connectivity index (χ1) is 10.1. The first-order valence-electron chi connectivity index (χ1n) is 6.83. The molecule has 21 heavy (non-hydrogen) atoms. The molecule has 1 atom stereocenters. The van der Waals surface area contributed by atoms with Crippen LogP contribution in [0.4, 0.5) is 4.39 Å². The molecule has 1 rings (SSSR count). The zero-order chi connectivity index (χ0) is 15.7. The molecular weight excluding hydrogens is 271 g/mol. The lowest BCUT2D eigenvalue weighted by Gasteiger charge is -2.10. The summed E-state index contributed by atoms with van der Waals surface area (Å²) in [6, 6.07) is 4.55. The number of amides is 1. The van der Waals surface area contributed by atoms with Gasteiger partial charge in [0.05, 0.1) is 12.6 Å². The molecule has 1 unspecified atom stereocenters. The van der Waals surface area contributed by atoms with Gasteiger partial charge in [-0.3, -0.25) is 4.79 Å². The van der Waals surface area contributed by atoms with Crippen LogP contribution in [0, 0.1) is 17.7 Å². The highest BCUT2D eigenvalue weighted by atomic mass is 19.1. The Kier molecular flexibility index (Phi) is 7.44. The van der Waals surface area contributed by atoms with Gasteiger partial charge >= 0.3 is 0 Å². The van der Waals surface area contributed by atoms with E-state index in [0.29, 0.717) is 24.0 Å². The third-order valence-electron chi connectivity index (χ3n) is 3.04. The van der Waals surface area contributed by atoms with E-state index < -0.39 is 0 Å². The SMILES string of the molecule is COC(C)CCC(=O)NCc1cc(C#CCN)ccc1F. The molecule has 0 aromatic heterocycles. The third kappa shape index (κ3) is 6.39. The molecule has 0 radical (unpaired) electrons. The van der Waals surface area contributed by atoms with Gasteiger partial charge in [0.2, 0.25) is 5.91 Å². The molecule has 0 heterocycles. The van der Waals surface area contributed by atoms with Crippen LogP contribution < -0.4 is 11.1 Å². The Morgan fingerprint density at radius 2 is 2.29 bits per heavy atom. The fourth-order valence-electron chi connectivity index (χ4n) is 1.68. The van der Waals surface area contributed by atoms with Gasteiger partial charge in [0.15, 0.2) is 0 Å². The van der Waals surface area contributed by atoms with Gasteiger partial charge in [-0.25, -0.2) is 4.39 Å². The molecule has 1 aromatic carbocycles. The molecule has 0 saturated heterocycles. The van der Waals surface area contributed by atoms with Crippen molar-refractivity contribution in [2.45, 2.75) is 32.4 Å². The van der Waals surface area contributed by atoms with Crippen LogP contribution in [0.5, 0.6) is 0 Å². The molecular formula is C16H21FN2O2. The number of halogens is 1. The summed E-state index contributed by atoms with van der Waals surface area (Å²) in [5.74, 6) is 5.06. The minimum absolute atomic E-state index is 0.0300. The number of ether oxygens (including phenoxy) is 1. The van der Waals surface area contributed by atoms with Crippen LogP contribution in [0.2, 0.25) is 0 Å². The van der Waals surface area contributed by atoms with Crippen LogP contribution in [0.3, 0.4) is 0 Å². The van der Waals surface area contributed by atoms with E-state index in [-0.39, 0.29) is 30.9 Å². The number of hydrogen-bond donors (Lipinski definition) is 2. The number of carbonyl (C=O) groups is 1. The molecule has 0 aliphatic heterocycles. The summed E-state index contributed by atoms with van der Waals surface area (Å²) >= 11 is 0. The Morgan fingerprint density at radius 3 is 2.95 bits per heavy atom. The summed E-state index contributed by atoms with van der Waals surface area (Å²) in [6.45, 7) is 2.29. The topological polar surface area (TPSA) is 64.3 Å². The summed E-state index contributed by atoms with van der Waals surface area (Å²) in [6.07, 6.45) is 1.01. The lowest BCUT2D eigenvalue weighted by molar-refractivity contribution is -0.121. The molecule has 0 aliphatic carbocycles. The first-order valence-corrected chi connectivity index (χ1v) is 6.83. The second-order valence-corrected chi connectivity index (χ2v) is 4.67. The predicted molar refractivity (Wildman–Crippen MR) is 79.9 cm³/mol. The molecule has 3 N–H and O–H groups in total. The maximum atomic E-state index is 13.7. The van der Waals surface area contributed by atoms with Gasteiger partial charge in [0.25, 0.3) is 0 Å². The first kappa shape index (κ1) is 17.2. The highest BCUT2D eigenvalue weighted by Crippen LogP contribution is 2.10. The smallest absolute Gasteiger partial charge is 0.220 e. The summed E-state index contributed by atoms with van der Waals surface area (Å²) in [5.41, 5.74) is 6.39. The molecule has 4 nitrogen and oxygen atoms in total. The van der Waals surface area contributed by atoms with Crippen molar-refractivity contribution in [1.29, 1.82) is 0 Å². The van der Waals surface area contributed by atoms with Crippen molar-refractivity contribution < 1.29 is 13.9 Å². The van der Waals surface area contributed by atoms with Crippen molar-refractivity contribution in [1.82, 2.24) is 5.32 Å². The van der Waals surface area contributed by atoms with Gasteiger partial charge < -0.3 is 15.8 Å². The number of nitrogens with two attached hydrogens (primary N) is 1. The average Bonchev–Trinajstić information content (AvgIpc) is 2.50. The summed E-state index contributed by atoms with van der Waals surface area (Å²) in [4.78, 5) is 11.7. The van der Waals surface area contributed by atoms with Gasteiger partial charge in [-0.1, -0.05) is 11.8 Å². The van der Waals surface area contributed by atoms with Crippen molar-refractivity contribution in [2.24, 2.45) is 5.73 Å². The third-order valence-corrected chi connectivity index (χ3v) is 3.04. The van der Waals surface area contributed by atoms with E-state index in [2.05, 4.69) is 17.2 Å². The van der Waals surface area contributed by atoms with Crippen LogP contribution in [0.25, 0.3) is 0 Å². The number of hydrogen-bond acceptors (Lipinski definition) is 3. The van der Waals surface area contributed by atoms with E-state index in [4.69, 9.17) is 10.5 Å². The van der Waals surface area contributed by atoms with Crippen molar-refractivity contribution in [3.8, 4) is 11.8 Å². The lowest BCUT2D eigenvalue weighted by atomic mass is 10.1. The summed E-state index contributed by atoms with van der Waals surface area (Å²) < 4.78 is 18.7. The predicted octanol–water partition coefficient (Wildman–Crippen LogP) is 1.57. The zero-order valence-corrected chi connectivity index (χ0v) is 12.4. The standard InChI is InChI=1S/C16H21FN2O2/c1-12(21-2)5-8-16(20)19-11-14-10-13(4-3-9-18)6-7-15(14)17/h6-7,10,12H,5,8-9,11,18H2,1-2H3,(H,19,20). The highest BCUT2D eigenvalue weighted by molar-refractivity contribution is 5.75. The quantitative estimate of drug-likeness (QED) is 0.782. The molecule has 0 fully saturated rings. The van der Waals surface area contributed by atoms with Crippen LogP contribution in [0.1, 0.15) is 30.9 Å². The van der Waals surface area contributed by atoms with E-state index in [0.717, 1.165) is 0 Å². The van der Waals surface area contributed by atoms with Crippen molar-refractivity contribution >= 4 is 5.91 Å². The Morgan fingerprint density at radius 1 is 1.52 bits per heavy atom. The van der Waals surface area contributed by atoms with Crippen LogP contribution in [-0.4, -0.2) is 25.7 Å². The molecule has 5 heteroatoms. The second kappa shape index (κ2) is 9.11. The second-order valence-electron chi connectivity index (χ2n) is 4.67. The Bertz CT molecular complexity index is 535. The van der Waals surface area contributed by atoms with E-state index in [1.807, 2.05) is 6.92 Å². The number of carbonyl (C=O) groups excluding carboxylic acids is 1. The van der Waals surface area contributed by atoms with E-state index in [1.54, 1.807) is 19.2 Å². The van der Waals surface area contributed by atoms with Gasteiger partial charge in [-0.2, -0.15) is 0 Å². The number of benzene rings is 1. The Labute approximate surface area is 124 Å². The molecule has 0 bridgehead atoms. The number of nitrogens with one attached hydrogen (secondary N) is 1. The monoisotopic (exact) mass is 292 g/mol. The number of methoxy groups -OCH3 is 1. The van der Waals surface area contributed by atoms with E-state index >= 15 is 0 Å². The minimum Gasteiger partial charge on any atom is -0.382 e. The molecule has 114 valence electrons.